The zero-order chi connectivity index (χ0) is 32.5. The molecule has 0 aliphatic carbocycles. The van der Waals surface area contributed by atoms with Gasteiger partial charge in [-0.3, -0.25) is 24.2 Å². The van der Waals surface area contributed by atoms with Crippen LogP contribution in [-0.4, -0.2) is 122 Å². The molecular formula is C31H61N5O6. The SMILES string of the molecule is CC[C@H](C)[C@@H]([C@@H](CC(=O)N1CCC[C@H]1[C@H](OC)[C@@H](C)C(N)=O)OC)N(C)C(O)[C@@H](NC(=O)[C@H](C(C)C)N(C)C)C(C)C. The van der Waals surface area contributed by atoms with Gasteiger partial charge >= 0.3 is 0 Å². The molecule has 11 nitrogen and oxygen atoms in total. The molecule has 0 saturated carbocycles. The topological polar surface area (TPSA) is 138 Å². The largest absolute Gasteiger partial charge is 0.379 e. The second-order valence-electron chi connectivity index (χ2n) is 13.1. The maximum atomic E-state index is 13.8. The number of likely N-dealkylation sites (N-methyl/N-ethyl adjacent to an activating group) is 2. The van der Waals surface area contributed by atoms with Gasteiger partial charge in [0.2, 0.25) is 17.7 Å². The third-order valence-electron chi connectivity index (χ3n) is 9.19. The van der Waals surface area contributed by atoms with Gasteiger partial charge in [0.25, 0.3) is 0 Å². The van der Waals surface area contributed by atoms with E-state index in [4.69, 9.17) is 15.2 Å². The molecule has 0 aromatic rings. The van der Waals surface area contributed by atoms with Crippen molar-refractivity contribution in [1.82, 2.24) is 20.0 Å². The summed E-state index contributed by atoms with van der Waals surface area (Å²) in [7, 11) is 8.73. The van der Waals surface area contributed by atoms with E-state index in [9.17, 15) is 19.5 Å². The van der Waals surface area contributed by atoms with Crippen LogP contribution in [0.15, 0.2) is 0 Å². The van der Waals surface area contributed by atoms with Crippen molar-refractivity contribution in [1.29, 1.82) is 0 Å². The van der Waals surface area contributed by atoms with E-state index in [1.54, 1.807) is 26.0 Å². The van der Waals surface area contributed by atoms with Crippen molar-refractivity contribution in [3.63, 3.8) is 0 Å². The number of hydrogen-bond donors (Lipinski definition) is 3. The summed E-state index contributed by atoms with van der Waals surface area (Å²) in [5.74, 6) is -1.08. The average molecular weight is 600 g/mol. The van der Waals surface area contributed by atoms with Crippen LogP contribution >= 0.6 is 0 Å². The number of nitrogens with zero attached hydrogens (tertiary/aromatic N) is 3. The molecule has 0 bridgehead atoms. The van der Waals surface area contributed by atoms with E-state index in [2.05, 4.69) is 19.2 Å². The van der Waals surface area contributed by atoms with E-state index in [1.807, 2.05) is 58.6 Å². The monoisotopic (exact) mass is 599 g/mol. The number of amides is 3. The molecule has 1 aliphatic rings. The van der Waals surface area contributed by atoms with Crippen molar-refractivity contribution < 1.29 is 29.0 Å². The summed E-state index contributed by atoms with van der Waals surface area (Å²) >= 11 is 0. The number of aliphatic hydroxyl groups is 1. The first kappa shape index (κ1) is 38.2. The molecule has 11 heteroatoms. The van der Waals surface area contributed by atoms with E-state index >= 15 is 0 Å². The van der Waals surface area contributed by atoms with Gasteiger partial charge in [-0.05, 0) is 51.7 Å². The third-order valence-corrected chi connectivity index (χ3v) is 9.19. The van der Waals surface area contributed by atoms with Crippen molar-refractivity contribution in [2.45, 2.75) is 117 Å². The quantitative estimate of drug-likeness (QED) is 0.203. The van der Waals surface area contributed by atoms with E-state index in [1.165, 1.54) is 0 Å². The van der Waals surface area contributed by atoms with Crippen LogP contribution in [0.25, 0.3) is 0 Å². The first-order valence-electron chi connectivity index (χ1n) is 15.6. The Morgan fingerprint density at radius 3 is 2.05 bits per heavy atom. The van der Waals surface area contributed by atoms with Crippen molar-refractivity contribution >= 4 is 17.7 Å². The average Bonchev–Trinajstić information content (AvgIpc) is 3.39. The smallest absolute Gasteiger partial charge is 0.237 e. The minimum absolute atomic E-state index is 0.0508. The summed E-state index contributed by atoms with van der Waals surface area (Å²) < 4.78 is 11.6. The summed E-state index contributed by atoms with van der Waals surface area (Å²) in [6.07, 6.45) is 0.437. The minimum Gasteiger partial charge on any atom is -0.379 e. The zero-order valence-corrected chi connectivity index (χ0v) is 28.3. The number of carbonyl (C=O) groups excluding carboxylic acids is 3. The molecule has 1 aliphatic heterocycles. The number of nitrogens with two attached hydrogens (primary N) is 1. The Morgan fingerprint density at radius 2 is 1.62 bits per heavy atom. The molecule has 0 spiro atoms. The lowest BCUT2D eigenvalue weighted by molar-refractivity contribution is -0.145. The van der Waals surface area contributed by atoms with Crippen molar-refractivity contribution in [2.24, 2.45) is 29.4 Å². The van der Waals surface area contributed by atoms with Gasteiger partial charge in [-0.25, -0.2) is 0 Å². The number of hydrogen-bond acceptors (Lipinski definition) is 8. The molecule has 0 aromatic heterocycles. The molecule has 1 saturated heterocycles. The van der Waals surface area contributed by atoms with Gasteiger partial charge in [-0.2, -0.15) is 0 Å². The predicted octanol–water partition coefficient (Wildman–Crippen LogP) is 1.91. The summed E-state index contributed by atoms with van der Waals surface area (Å²) in [5, 5.41) is 14.8. The summed E-state index contributed by atoms with van der Waals surface area (Å²) in [4.78, 5) is 44.6. The van der Waals surface area contributed by atoms with Gasteiger partial charge in [0.05, 0.1) is 42.7 Å². The van der Waals surface area contributed by atoms with Gasteiger partial charge in [0, 0.05) is 26.8 Å². The summed E-state index contributed by atoms with van der Waals surface area (Å²) in [6.45, 7) is 14.4. The van der Waals surface area contributed by atoms with Crippen LogP contribution in [0.4, 0.5) is 0 Å². The number of rotatable bonds is 18. The Balaban J connectivity index is 3.25. The molecule has 0 aromatic carbocycles. The van der Waals surface area contributed by atoms with Gasteiger partial charge in [-0.15, -0.1) is 0 Å². The molecule has 1 unspecified atom stereocenters. The predicted molar refractivity (Wildman–Crippen MR) is 165 cm³/mol. The second kappa shape index (κ2) is 17.5. The zero-order valence-electron chi connectivity index (χ0n) is 28.3. The van der Waals surface area contributed by atoms with Gasteiger partial charge in [0.1, 0.15) is 6.23 Å². The molecule has 4 N–H and O–H groups in total. The molecule has 1 heterocycles. The highest BCUT2D eigenvalue weighted by Gasteiger charge is 2.43. The molecule has 3 amide bonds. The Morgan fingerprint density at radius 1 is 1.02 bits per heavy atom. The van der Waals surface area contributed by atoms with Crippen LogP contribution in [-0.2, 0) is 23.9 Å². The van der Waals surface area contributed by atoms with Crippen molar-refractivity contribution in [2.75, 3.05) is 41.9 Å². The van der Waals surface area contributed by atoms with Crippen LogP contribution in [0.2, 0.25) is 0 Å². The van der Waals surface area contributed by atoms with Crippen molar-refractivity contribution in [3.05, 3.63) is 0 Å². The van der Waals surface area contributed by atoms with E-state index in [0.717, 1.165) is 19.3 Å². The fourth-order valence-electron chi connectivity index (χ4n) is 6.60. The maximum Gasteiger partial charge on any atom is 0.237 e. The van der Waals surface area contributed by atoms with Gasteiger partial charge in [-0.1, -0.05) is 54.9 Å². The highest BCUT2D eigenvalue weighted by Crippen LogP contribution is 2.30. The molecule has 246 valence electrons. The molecule has 1 rings (SSSR count). The standard InChI is InChI=1S/C31H61N5O6/c1-13-20(6)27(35(10)31(40)25(18(2)3)33-30(39)26(19(4)5)34(8)9)23(41-11)17-24(37)36-16-14-15-22(36)28(42-12)21(7)29(32)38/h18-23,25-28,31,40H,13-17H2,1-12H3,(H2,32,38)(H,33,39)/t20-,21+,22-,23+,25-,26-,27-,28+,31?/m0/s1. The number of nitrogens with one attached hydrogen (secondary N) is 1. The Hall–Kier alpha value is -1.79. The van der Waals surface area contributed by atoms with Crippen LogP contribution < -0.4 is 11.1 Å². The maximum absolute atomic E-state index is 13.8. The highest BCUT2D eigenvalue weighted by molar-refractivity contribution is 5.82. The lowest BCUT2D eigenvalue weighted by Crippen LogP contribution is -2.61. The van der Waals surface area contributed by atoms with Crippen LogP contribution in [0, 0.1) is 23.7 Å². The second-order valence-corrected chi connectivity index (χ2v) is 13.1. The fraction of sp³-hybridized carbons (Fsp3) is 0.903. The molecule has 9 atom stereocenters. The lowest BCUT2D eigenvalue weighted by Gasteiger charge is -2.44. The number of likely N-dealkylation sites (tertiary alicyclic amines) is 1. The van der Waals surface area contributed by atoms with Gasteiger partial charge < -0.3 is 30.5 Å². The number of methoxy groups -OCH3 is 2. The number of aliphatic hydroxyl groups excluding tert-OH is 1. The number of primary amides is 1. The third kappa shape index (κ3) is 9.61. The first-order chi connectivity index (χ1) is 19.5. The summed E-state index contributed by atoms with van der Waals surface area (Å²) in [5.41, 5.74) is 5.58. The highest BCUT2D eigenvalue weighted by atomic mass is 16.5. The van der Waals surface area contributed by atoms with Crippen LogP contribution in [0.5, 0.6) is 0 Å². The molecular weight excluding hydrogens is 538 g/mol. The first-order valence-corrected chi connectivity index (χ1v) is 15.6. The molecule has 42 heavy (non-hydrogen) atoms. The Kier molecular flexibility index (Phi) is 15.9. The molecule has 0 radical (unpaired) electrons. The normalized spacial score (nSPS) is 21.7. The van der Waals surface area contributed by atoms with E-state index in [-0.39, 0.29) is 54.1 Å². The summed E-state index contributed by atoms with van der Waals surface area (Å²) in [6, 6.07) is -1.43. The lowest BCUT2D eigenvalue weighted by atomic mass is 9.89. The number of ether oxygens (including phenoxy) is 2. The minimum atomic E-state index is -1.01. The Labute approximate surface area is 254 Å². The molecule has 1 fully saturated rings. The number of carbonyl (C=O) groups is 3. The fourth-order valence-corrected chi connectivity index (χ4v) is 6.60. The van der Waals surface area contributed by atoms with E-state index < -0.39 is 36.3 Å². The van der Waals surface area contributed by atoms with E-state index in [0.29, 0.717) is 6.54 Å². The van der Waals surface area contributed by atoms with Crippen molar-refractivity contribution in [3.8, 4) is 0 Å². The van der Waals surface area contributed by atoms with Crippen LogP contribution in [0.3, 0.4) is 0 Å². The van der Waals surface area contributed by atoms with Crippen LogP contribution in [0.1, 0.15) is 74.1 Å². The van der Waals surface area contributed by atoms with Gasteiger partial charge in [0.15, 0.2) is 0 Å². The Bertz CT molecular complexity index is 848.